The fourth-order valence-electron chi connectivity index (χ4n) is 3.07. The van der Waals surface area contributed by atoms with Gasteiger partial charge in [-0.15, -0.1) is 0 Å². The predicted octanol–water partition coefficient (Wildman–Crippen LogP) is 0.262. The zero-order chi connectivity index (χ0) is 16.3. The van der Waals surface area contributed by atoms with Crippen LogP contribution in [0.5, 0.6) is 0 Å². The quantitative estimate of drug-likeness (QED) is 0.775. The van der Waals surface area contributed by atoms with Gasteiger partial charge >= 0.3 is 6.03 Å². The van der Waals surface area contributed by atoms with Crippen molar-refractivity contribution in [2.24, 2.45) is 0 Å². The summed E-state index contributed by atoms with van der Waals surface area (Å²) in [5.41, 5.74) is 0. The maximum Gasteiger partial charge on any atom is 0.315 e. The molecule has 2 aliphatic heterocycles. The van der Waals surface area contributed by atoms with Crippen LogP contribution in [0.3, 0.4) is 0 Å². The molecule has 2 heterocycles. The van der Waals surface area contributed by atoms with E-state index >= 15 is 0 Å². The van der Waals surface area contributed by atoms with Crippen LogP contribution in [-0.2, 0) is 14.6 Å². The van der Waals surface area contributed by atoms with E-state index in [0.717, 1.165) is 25.8 Å². The number of hydrogen-bond donors (Lipinski definition) is 2. The van der Waals surface area contributed by atoms with Gasteiger partial charge in [-0.05, 0) is 39.5 Å². The van der Waals surface area contributed by atoms with E-state index in [4.69, 9.17) is 0 Å². The summed E-state index contributed by atoms with van der Waals surface area (Å²) in [6.45, 7) is 4.41. The molecule has 0 aromatic carbocycles. The Morgan fingerprint density at radius 1 is 1.23 bits per heavy atom. The molecular formula is C14H25N3O4S. The summed E-state index contributed by atoms with van der Waals surface area (Å²) >= 11 is 0. The number of rotatable bonds is 3. The zero-order valence-corrected chi connectivity index (χ0v) is 14.0. The van der Waals surface area contributed by atoms with Gasteiger partial charge in [0.1, 0.15) is 6.04 Å². The SMILES string of the molecule is CC(NC(=O)NC1CCS(=O)(=O)C1)C(=O)N1CCCCC1C. The summed E-state index contributed by atoms with van der Waals surface area (Å²) in [6.07, 6.45) is 3.55. The molecule has 2 fully saturated rings. The highest BCUT2D eigenvalue weighted by Crippen LogP contribution is 2.17. The van der Waals surface area contributed by atoms with Crippen molar-refractivity contribution in [1.82, 2.24) is 15.5 Å². The third kappa shape index (κ3) is 4.34. The van der Waals surface area contributed by atoms with E-state index < -0.39 is 21.9 Å². The van der Waals surface area contributed by atoms with Crippen molar-refractivity contribution in [3.05, 3.63) is 0 Å². The van der Waals surface area contributed by atoms with Crippen LogP contribution in [0.4, 0.5) is 4.79 Å². The van der Waals surface area contributed by atoms with E-state index in [-0.39, 0.29) is 29.5 Å². The second-order valence-electron chi connectivity index (χ2n) is 6.32. The van der Waals surface area contributed by atoms with Gasteiger partial charge in [-0.1, -0.05) is 0 Å². The number of urea groups is 1. The van der Waals surface area contributed by atoms with Gasteiger partial charge in [-0.2, -0.15) is 0 Å². The van der Waals surface area contributed by atoms with Crippen LogP contribution in [0.25, 0.3) is 0 Å². The van der Waals surface area contributed by atoms with Crippen molar-refractivity contribution in [2.75, 3.05) is 18.1 Å². The number of amides is 3. The molecule has 2 saturated heterocycles. The number of hydrogen-bond acceptors (Lipinski definition) is 4. The molecule has 2 aliphatic rings. The van der Waals surface area contributed by atoms with Gasteiger partial charge in [0.25, 0.3) is 0 Å². The van der Waals surface area contributed by atoms with Crippen LogP contribution in [0.1, 0.15) is 39.5 Å². The Morgan fingerprint density at radius 3 is 2.55 bits per heavy atom. The summed E-state index contributed by atoms with van der Waals surface area (Å²) in [5, 5.41) is 5.25. The van der Waals surface area contributed by atoms with Gasteiger partial charge in [0.05, 0.1) is 11.5 Å². The molecule has 22 heavy (non-hydrogen) atoms. The summed E-state index contributed by atoms with van der Waals surface area (Å²) in [4.78, 5) is 26.1. The molecule has 8 heteroatoms. The van der Waals surface area contributed by atoms with Gasteiger partial charge in [0, 0.05) is 18.6 Å². The Bertz CT molecular complexity index is 534. The Labute approximate surface area is 131 Å². The van der Waals surface area contributed by atoms with E-state index in [1.165, 1.54) is 0 Å². The van der Waals surface area contributed by atoms with Crippen LogP contribution in [0.15, 0.2) is 0 Å². The van der Waals surface area contributed by atoms with E-state index in [1.54, 1.807) is 6.92 Å². The molecule has 0 aliphatic carbocycles. The van der Waals surface area contributed by atoms with E-state index in [0.29, 0.717) is 6.42 Å². The molecule has 0 bridgehead atoms. The summed E-state index contributed by atoms with van der Waals surface area (Å²) in [7, 11) is -3.03. The van der Waals surface area contributed by atoms with Gasteiger partial charge in [-0.25, -0.2) is 13.2 Å². The average molecular weight is 331 g/mol. The maximum absolute atomic E-state index is 12.4. The maximum atomic E-state index is 12.4. The van der Waals surface area contributed by atoms with Crippen LogP contribution in [-0.4, -0.2) is 61.4 Å². The number of piperidine rings is 1. The lowest BCUT2D eigenvalue weighted by molar-refractivity contribution is -0.136. The Morgan fingerprint density at radius 2 is 1.95 bits per heavy atom. The first kappa shape index (κ1) is 17.1. The number of carbonyl (C=O) groups is 2. The number of likely N-dealkylation sites (tertiary alicyclic amines) is 1. The van der Waals surface area contributed by atoms with Crippen LogP contribution in [0.2, 0.25) is 0 Å². The van der Waals surface area contributed by atoms with Crippen LogP contribution in [0, 0.1) is 0 Å². The Hall–Kier alpha value is -1.31. The van der Waals surface area contributed by atoms with Crippen LogP contribution >= 0.6 is 0 Å². The molecule has 0 saturated carbocycles. The number of carbonyl (C=O) groups excluding carboxylic acids is 2. The monoisotopic (exact) mass is 331 g/mol. The average Bonchev–Trinajstić information content (AvgIpc) is 2.77. The summed E-state index contributed by atoms with van der Waals surface area (Å²) < 4.78 is 22.7. The highest BCUT2D eigenvalue weighted by Gasteiger charge is 2.31. The molecule has 3 amide bonds. The largest absolute Gasteiger partial charge is 0.338 e. The Kier molecular flexibility index (Phi) is 5.31. The standard InChI is InChI=1S/C14H25N3O4S/c1-10-5-3-4-7-17(10)13(18)11(2)15-14(19)16-12-6-8-22(20,21)9-12/h10-12H,3-9H2,1-2H3,(H2,15,16,19). The zero-order valence-electron chi connectivity index (χ0n) is 13.2. The van der Waals surface area contributed by atoms with Gasteiger partial charge in [-0.3, -0.25) is 4.79 Å². The molecular weight excluding hydrogens is 306 g/mol. The third-order valence-electron chi connectivity index (χ3n) is 4.37. The summed E-state index contributed by atoms with van der Waals surface area (Å²) in [5.74, 6) is 0.00489. The molecule has 2 N–H and O–H groups in total. The highest BCUT2D eigenvalue weighted by atomic mass is 32.2. The lowest BCUT2D eigenvalue weighted by atomic mass is 10.0. The molecule has 0 aromatic heterocycles. The highest BCUT2D eigenvalue weighted by molar-refractivity contribution is 7.91. The minimum absolute atomic E-state index is 0.0219. The fraction of sp³-hybridized carbons (Fsp3) is 0.857. The fourth-order valence-corrected chi connectivity index (χ4v) is 4.74. The van der Waals surface area contributed by atoms with Gasteiger partial charge in [0.2, 0.25) is 5.91 Å². The molecule has 3 atom stereocenters. The minimum atomic E-state index is -3.03. The number of nitrogens with zero attached hydrogens (tertiary/aromatic N) is 1. The van der Waals surface area contributed by atoms with Crippen molar-refractivity contribution < 1.29 is 18.0 Å². The van der Waals surface area contributed by atoms with Crippen molar-refractivity contribution in [2.45, 2.75) is 57.7 Å². The first-order chi connectivity index (χ1) is 10.3. The minimum Gasteiger partial charge on any atom is -0.338 e. The third-order valence-corrected chi connectivity index (χ3v) is 6.14. The predicted molar refractivity (Wildman–Crippen MR) is 83.2 cm³/mol. The van der Waals surface area contributed by atoms with Crippen molar-refractivity contribution in [1.29, 1.82) is 0 Å². The molecule has 3 unspecified atom stereocenters. The van der Waals surface area contributed by atoms with Crippen molar-refractivity contribution in [3.8, 4) is 0 Å². The number of nitrogens with one attached hydrogen (secondary N) is 2. The smallest absolute Gasteiger partial charge is 0.315 e. The second-order valence-corrected chi connectivity index (χ2v) is 8.54. The molecule has 126 valence electrons. The van der Waals surface area contributed by atoms with Gasteiger partial charge < -0.3 is 15.5 Å². The number of sulfone groups is 1. The Balaban J connectivity index is 1.82. The van der Waals surface area contributed by atoms with E-state index in [9.17, 15) is 18.0 Å². The topological polar surface area (TPSA) is 95.6 Å². The molecule has 7 nitrogen and oxygen atoms in total. The second kappa shape index (κ2) is 6.85. The normalized spacial score (nSPS) is 28.9. The van der Waals surface area contributed by atoms with E-state index in [1.807, 2.05) is 11.8 Å². The van der Waals surface area contributed by atoms with Crippen molar-refractivity contribution >= 4 is 21.8 Å². The lowest BCUT2D eigenvalue weighted by Crippen LogP contribution is -2.54. The van der Waals surface area contributed by atoms with Crippen molar-refractivity contribution in [3.63, 3.8) is 0 Å². The molecule has 0 radical (unpaired) electrons. The molecule has 2 rings (SSSR count). The first-order valence-electron chi connectivity index (χ1n) is 7.86. The summed E-state index contributed by atoms with van der Waals surface area (Å²) in [6, 6.07) is -1.25. The first-order valence-corrected chi connectivity index (χ1v) is 9.68. The lowest BCUT2D eigenvalue weighted by Gasteiger charge is -2.35. The van der Waals surface area contributed by atoms with Gasteiger partial charge in [0.15, 0.2) is 9.84 Å². The molecule has 0 aromatic rings. The van der Waals surface area contributed by atoms with Crippen LogP contribution < -0.4 is 10.6 Å². The molecule has 0 spiro atoms. The van der Waals surface area contributed by atoms with E-state index in [2.05, 4.69) is 10.6 Å².